The van der Waals surface area contributed by atoms with E-state index in [2.05, 4.69) is 16.0 Å². The molecule has 1 saturated carbocycles. The molecule has 1 aromatic carbocycles. The Balaban J connectivity index is 1.91. The zero-order valence-electron chi connectivity index (χ0n) is 11.1. The van der Waals surface area contributed by atoms with Crippen molar-refractivity contribution in [3.05, 3.63) is 51.6 Å². The number of aromatic nitrogens is 2. The van der Waals surface area contributed by atoms with Crippen LogP contribution in [-0.2, 0) is 0 Å². The van der Waals surface area contributed by atoms with E-state index in [4.69, 9.17) is 4.74 Å². The van der Waals surface area contributed by atoms with Gasteiger partial charge in [-0.2, -0.15) is 4.98 Å². The van der Waals surface area contributed by atoms with Crippen molar-refractivity contribution < 1.29 is 4.74 Å². The number of H-pyrrole nitrogens is 1. The molecule has 1 heterocycles. The van der Waals surface area contributed by atoms with Gasteiger partial charge in [0.15, 0.2) is 0 Å². The fourth-order valence-electron chi connectivity index (χ4n) is 2.17. The van der Waals surface area contributed by atoms with E-state index in [1.54, 1.807) is 0 Å². The van der Waals surface area contributed by atoms with Crippen LogP contribution in [0, 0.1) is 13.8 Å². The van der Waals surface area contributed by atoms with E-state index < -0.39 is 0 Å². The van der Waals surface area contributed by atoms with Crippen molar-refractivity contribution in [2.24, 2.45) is 0 Å². The maximum absolute atomic E-state index is 11.6. The van der Waals surface area contributed by atoms with Crippen molar-refractivity contribution in [3.8, 4) is 11.6 Å². The molecule has 0 bridgehead atoms. The number of hydrogen-bond donors (Lipinski definition) is 1. The summed E-state index contributed by atoms with van der Waals surface area (Å²) >= 11 is 0. The first kappa shape index (κ1) is 12.0. The van der Waals surface area contributed by atoms with Crippen LogP contribution in [0.1, 0.15) is 35.7 Å². The Morgan fingerprint density at radius 2 is 1.84 bits per heavy atom. The van der Waals surface area contributed by atoms with Crippen LogP contribution >= 0.6 is 0 Å². The van der Waals surface area contributed by atoms with Crippen LogP contribution in [0.2, 0.25) is 0 Å². The Kier molecular flexibility index (Phi) is 2.85. The first-order chi connectivity index (χ1) is 9.10. The Morgan fingerprint density at radius 3 is 2.47 bits per heavy atom. The van der Waals surface area contributed by atoms with Crippen LogP contribution in [0.5, 0.6) is 11.6 Å². The maximum Gasteiger partial charge on any atom is 0.254 e. The molecule has 0 amide bonds. The second-order valence-electron chi connectivity index (χ2n) is 5.17. The van der Waals surface area contributed by atoms with Gasteiger partial charge in [-0.3, -0.25) is 4.79 Å². The summed E-state index contributed by atoms with van der Waals surface area (Å²) in [6.07, 6.45) is 2.19. The van der Waals surface area contributed by atoms with Gasteiger partial charge in [-0.05, 0) is 49.9 Å². The quantitative estimate of drug-likeness (QED) is 0.918. The average molecular weight is 256 g/mol. The third-order valence-corrected chi connectivity index (χ3v) is 3.12. The molecule has 0 aliphatic heterocycles. The molecule has 1 aliphatic rings. The largest absolute Gasteiger partial charge is 0.439 e. The monoisotopic (exact) mass is 256 g/mol. The Bertz CT molecular complexity index is 652. The summed E-state index contributed by atoms with van der Waals surface area (Å²) in [6.45, 7) is 4.03. The van der Waals surface area contributed by atoms with Gasteiger partial charge < -0.3 is 9.72 Å². The molecule has 0 spiro atoms. The van der Waals surface area contributed by atoms with Crippen molar-refractivity contribution in [2.75, 3.05) is 0 Å². The molecule has 4 nitrogen and oxygen atoms in total. The van der Waals surface area contributed by atoms with Crippen molar-refractivity contribution in [2.45, 2.75) is 32.6 Å². The Hall–Kier alpha value is -2.10. The minimum absolute atomic E-state index is 0.156. The van der Waals surface area contributed by atoms with E-state index >= 15 is 0 Å². The summed E-state index contributed by atoms with van der Waals surface area (Å²) in [7, 11) is 0. The lowest BCUT2D eigenvalue weighted by Gasteiger charge is -2.07. The minimum atomic E-state index is -0.156. The molecule has 0 unspecified atom stereocenters. The molecule has 19 heavy (non-hydrogen) atoms. The summed E-state index contributed by atoms with van der Waals surface area (Å²) in [5.74, 6) is 2.23. The molecule has 0 radical (unpaired) electrons. The van der Waals surface area contributed by atoms with Crippen molar-refractivity contribution in [3.63, 3.8) is 0 Å². The van der Waals surface area contributed by atoms with E-state index in [-0.39, 0.29) is 5.56 Å². The van der Waals surface area contributed by atoms with Gasteiger partial charge in [0.25, 0.3) is 5.56 Å². The van der Waals surface area contributed by atoms with Gasteiger partial charge in [0.2, 0.25) is 5.88 Å². The summed E-state index contributed by atoms with van der Waals surface area (Å²) in [4.78, 5) is 18.7. The van der Waals surface area contributed by atoms with Crippen LogP contribution < -0.4 is 10.3 Å². The fourth-order valence-corrected chi connectivity index (χ4v) is 2.17. The van der Waals surface area contributed by atoms with E-state index in [1.807, 2.05) is 26.0 Å². The summed E-state index contributed by atoms with van der Waals surface area (Å²) in [6, 6.07) is 7.34. The van der Waals surface area contributed by atoms with Gasteiger partial charge in [0.1, 0.15) is 11.6 Å². The van der Waals surface area contributed by atoms with Gasteiger partial charge in [-0.25, -0.2) is 0 Å². The minimum Gasteiger partial charge on any atom is -0.439 e. The zero-order valence-corrected chi connectivity index (χ0v) is 11.1. The molecule has 3 rings (SSSR count). The number of aryl methyl sites for hydroxylation is 2. The second kappa shape index (κ2) is 4.53. The van der Waals surface area contributed by atoms with Crippen molar-refractivity contribution in [1.82, 2.24) is 9.97 Å². The molecule has 1 fully saturated rings. The second-order valence-corrected chi connectivity index (χ2v) is 5.17. The van der Waals surface area contributed by atoms with Crippen LogP contribution in [-0.4, -0.2) is 9.97 Å². The van der Waals surface area contributed by atoms with Gasteiger partial charge in [-0.15, -0.1) is 0 Å². The molecule has 4 heteroatoms. The van der Waals surface area contributed by atoms with Gasteiger partial charge >= 0.3 is 0 Å². The molecular weight excluding hydrogens is 240 g/mol. The highest BCUT2D eigenvalue weighted by atomic mass is 16.5. The first-order valence-electron chi connectivity index (χ1n) is 6.47. The van der Waals surface area contributed by atoms with Crippen LogP contribution in [0.4, 0.5) is 0 Å². The lowest BCUT2D eigenvalue weighted by Crippen LogP contribution is -2.10. The van der Waals surface area contributed by atoms with E-state index in [0.717, 1.165) is 35.5 Å². The van der Waals surface area contributed by atoms with Crippen molar-refractivity contribution in [1.29, 1.82) is 0 Å². The molecule has 0 saturated heterocycles. The van der Waals surface area contributed by atoms with Gasteiger partial charge in [0.05, 0.1) is 6.07 Å². The predicted molar refractivity (Wildman–Crippen MR) is 72.8 cm³/mol. The number of ether oxygens (including phenoxy) is 1. The third kappa shape index (κ3) is 2.84. The first-order valence-corrected chi connectivity index (χ1v) is 6.47. The molecule has 0 atom stereocenters. The van der Waals surface area contributed by atoms with Crippen LogP contribution in [0.15, 0.2) is 29.1 Å². The highest BCUT2D eigenvalue weighted by Gasteiger charge is 2.26. The number of aromatic amines is 1. The highest BCUT2D eigenvalue weighted by molar-refractivity contribution is 5.35. The standard InChI is InChI=1S/C15H16N2O2/c1-9-5-10(2)7-12(6-9)19-14-8-13(18)16-15(17-14)11-3-4-11/h5-8,11H,3-4H2,1-2H3,(H,16,17,18). The Labute approximate surface area is 111 Å². The van der Waals surface area contributed by atoms with Crippen LogP contribution in [0.3, 0.4) is 0 Å². The molecule has 2 aromatic rings. The number of hydrogen-bond acceptors (Lipinski definition) is 3. The van der Waals surface area contributed by atoms with E-state index in [1.165, 1.54) is 6.07 Å². The van der Waals surface area contributed by atoms with Gasteiger partial charge in [0, 0.05) is 5.92 Å². The smallest absolute Gasteiger partial charge is 0.254 e. The third-order valence-electron chi connectivity index (χ3n) is 3.12. The summed E-state index contributed by atoms with van der Waals surface area (Å²) < 4.78 is 5.71. The molecule has 1 aliphatic carbocycles. The molecule has 98 valence electrons. The average Bonchev–Trinajstić information content (AvgIpc) is 3.09. The van der Waals surface area contributed by atoms with E-state index in [0.29, 0.717) is 11.8 Å². The molecule has 1 N–H and O–H groups in total. The van der Waals surface area contributed by atoms with Gasteiger partial charge in [-0.1, -0.05) is 6.07 Å². The highest BCUT2D eigenvalue weighted by Crippen LogP contribution is 2.38. The van der Waals surface area contributed by atoms with E-state index in [9.17, 15) is 4.79 Å². The van der Waals surface area contributed by atoms with Crippen molar-refractivity contribution >= 4 is 0 Å². The summed E-state index contributed by atoms with van der Waals surface area (Å²) in [5, 5.41) is 0. The number of nitrogens with zero attached hydrogens (tertiary/aromatic N) is 1. The predicted octanol–water partition coefficient (Wildman–Crippen LogP) is 3.06. The maximum atomic E-state index is 11.6. The topological polar surface area (TPSA) is 55.0 Å². The normalized spacial score (nSPS) is 14.4. The SMILES string of the molecule is Cc1cc(C)cc(Oc2cc(=O)[nH]c(C3CC3)n2)c1. The lowest BCUT2D eigenvalue weighted by atomic mass is 10.1. The Morgan fingerprint density at radius 1 is 1.16 bits per heavy atom. The lowest BCUT2D eigenvalue weighted by molar-refractivity contribution is 0.456. The number of benzene rings is 1. The summed E-state index contributed by atoms with van der Waals surface area (Å²) in [5.41, 5.74) is 2.10. The molecular formula is C15H16N2O2. The van der Waals surface area contributed by atoms with Crippen LogP contribution in [0.25, 0.3) is 0 Å². The fraction of sp³-hybridized carbons (Fsp3) is 0.333. The molecule has 1 aromatic heterocycles. The number of nitrogens with one attached hydrogen (secondary N) is 1. The number of rotatable bonds is 3. The zero-order chi connectivity index (χ0) is 13.4.